The summed E-state index contributed by atoms with van der Waals surface area (Å²) in [5.41, 5.74) is -0.575. The maximum absolute atomic E-state index is 13.5. The second kappa shape index (κ2) is 9.64. The molecule has 0 aromatic heterocycles. The van der Waals surface area contributed by atoms with Crippen molar-refractivity contribution in [3.05, 3.63) is 59.2 Å². The molecule has 1 amide bonds. The van der Waals surface area contributed by atoms with Crippen LogP contribution in [0.15, 0.2) is 47.4 Å². The van der Waals surface area contributed by atoms with Gasteiger partial charge in [0.2, 0.25) is 15.9 Å². The van der Waals surface area contributed by atoms with Gasteiger partial charge >= 0.3 is 6.18 Å². The number of anilines is 1. The van der Waals surface area contributed by atoms with E-state index in [4.69, 9.17) is 5.26 Å². The summed E-state index contributed by atoms with van der Waals surface area (Å²) >= 11 is 0. The first kappa shape index (κ1) is 25.5. The summed E-state index contributed by atoms with van der Waals surface area (Å²) in [6, 6.07) is 10.2. The predicted octanol–water partition coefficient (Wildman–Crippen LogP) is 3.33. The minimum atomic E-state index is -4.75. The Morgan fingerprint density at radius 1 is 1.15 bits per heavy atom. The fraction of sp³-hybridized carbons (Fsp3) is 0.391. The third-order valence-electron chi connectivity index (χ3n) is 5.84. The van der Waals surface area contributed by atoms with Gasteiger partial charge in [-0.1, -0.05) is 26.0 Å². The first-order valence-corrected chi connectivity index (χ1v) is 12.0. The molecular formula is C23H25F3N4O3S. The summed E-state index contributed by atoms with van der Waals surface area (Å²) in [6.45, 7) is 3.71. The Kier molecular flexibility index (Phi) is 7.24. The minimum Gasteiger partial charge on any atom is -0.357 e. The van der Waals surface area contributed by atoms with Crippen LogP contribution in [-0.4, -0.2) is 51.4 Å². The second-order valence-electron chi connectivity index (χ2n) is 8.25. The van der Waals surface area contributed by atoms with Crippen LogP contribution >= 0.6 is 0 Å². The number of piperazine rings is 1. The lowest BCUT2D eigenvalue weighted by atomic mass is 10.0. The van der Waals surface area contributed by atoms with Crippen LogP contribution in [0.5, 0.6) is 0 Å². The van der Waals surface area contributed by atoms with Crippen molar-refractivity contribution >= 4 is 21.6 Å². The number of alkyl halides is 3. The molecule has 3 rings (SSSR count). The number of likely N-dealkylation sites (N-methyl/N-ethyl adjacent to an activating group) is 1. The van der Waals surface area contributed by atoms with E-state index in [0.29, 0.717) is 0 Å². The van der Waals surface area contributed by atoms with Gasteiger partial charge < -0.3 is 10.2 Å². The SMILES string of the molecule is CNC(=O)C1CN(S(=O)(=O)c2ccc(C(C)C)cc2)CCN1c1ccc(C#N)c(C(F)(F)F)c1. The van der Waals surface area contributed by atoms with E-state index in [-0.39, 0.29) is 36.1 Å². The van der Waals surface area contributed by atoms with E-state index < -0.39 is 39.3 Å². The average molecular weight is 495 g/mol. The van der Waals surface area contributed by atoms with Gasteiger partial charge in [-0.3, -0.25) is 4.79 Å². The number of nitrogens with zero attached hydrogens (tertiary/aromatic N) is 3. The van der Waals surface area contributed by atoms with Crippen LogP contribution in [0.1, 0.15) is 36.5 Å². The van der Waals surface area contributed by atoms with Crippen molar-refractivity contribution in [1.29, 1.82) is 5.26 Å². The quantitative estimate of drug-likeness (QED) is 0.688. The van der Waals surface area contributed by atoms with Gasteiger partial charge in [-0.15, -0.1) is 0 Å². The van der Waals surface area contributed by atoms with Gasteiger partial charge in [-0.25, -0.2) is 8.42 Å². The Morgan fingerprint density at radius 2 is 1.79 bits per heavy atom. The van der Waals surface area contributed by atoms with Gasteiger partial charge in [0, 0.05) is 32.4 Å². The van der Waals surface area contributed by atoms with E-state index in [2.05, 4.69) is 5.32 Å². The Bertz CT molecular complexity index is 1210. The number of halogens is 3. The number of nitrogens with one attached hydrogen (secondary N) is 1. The molecule has 2 aromatic carbocycles. The van der Waals surface area contributed by atoms with Crippen molar-refractivity contribution < 1.29 is 26.4 Å². The Labute approximate surface area is 196 Å². The largest absolute Gasteiger partial charge is 0.417 e. The third-order valence-corrected chi connectivity index (χ3v) is 7.72. The number of hydrogen-bond donors (Lipinski definition) is 1. The molecule has 34 heavy (non-hydrogen) atoms. The standard InChI is InChI=1S/C23H25F3N4O3S/c1-15(2)16-5-8-19(9-6-16)34(32,33)29-10-11-30(21(14-29)22(31)28-3)18-7-4-17(13-27)20(12-18)23(24,25)26/h4-9,12,15,21H,10-11,14H2,1-3H3,(H,28,31). The van der Waals surface area contributed by atoms with E-state index in [9.17, 15) is 26.4 Å². The summed E-state index contributed by atoms with van der Waals surface area (Å²) < 4.78 is 68.0. The summed E-state index contributed by atoms with van der Waals surface area (Å²) in [6.07, 6.45) is -4.75. The van der Waals surface area contributed by atoms with Crippen LogP contribution in [0.25, 0.3) is 0 Å². The number of nitriles is 1. The molecule has 0 aliphatic carbocycles. The van der Waals surface area contributed by atoms with Gasteiger partial charge in [0.05, 0.1) is 22.1 Å². The zero-order chi connectivity index (χ0) is 25.3. The molecule has 0 saturated carbocycles. The maximum Gasteiger partial charge on any atom is 0.417 e. The summed E-state index contributed by atoms with van der Waals surface area (Å²) in [5.74, 6) is -0.306. The van der Waals surface area contributed by atoms with E-state index >= 15 is 0 Å². The van der Waals surface area contributed by atoms with E-state index in [1.807, 2.05) is 13.8 Å². The smallest absolute Gasteiger partial charge is 0.357 e. The van der Waals surface area contributed by atoms with Crippen molar-refractivity contribution in [2.45, 2.75) is 36.9 Å². The fourth-order valence-electron chi connectivity index (χ4n) is 3.89. The highest BCUT2D eigenvalue weighted by molar-refractivity contribution is 7.89. The van der Waals surface area contributed by atoms with Crippen LogP contribution in [0.2, 0.25) is 0 Å². The highest BCUT2D eigenvalue weighted by atomic mass is 32.2. The molecule has 1 atom stereocenters. The van der Waals surface area contributed by atoms with Crippen molar-refractivity contribution in [2.24, 2.45) is 0 Å². The lowest BCUT2D eigenvalue weighted by molar-refractivity contribution is -0.137. The molecule has 0 bridgehead atoms. The molecule has 182 valence electrons. The molecule has 1 fully saturated rings. The monoisotopic (exact) mass is 494 g/mol. The fourth-order valence-corrected chi connectivity index (χ4v) is 5.33. The summed E-state index contributed by atoms with van der Waals surface area (Å²) in [7, 11) is -2.55. The van der Waals surface area contributed by atoms with Crippen molar-refractivity contribution in [1.82, 2.24) is 9.62 Å². The van der Waals surface area contributed by atoms with E-state index in [1.54, 1.807) is 12.1 Å². The zero-order valence-electron chi connectivity index (χ0n) is 18.9. The van der Waals surface area contributed by atoms with Crippen LogP contribution in [0, 0.1) is 11.3 Å². The number of amides is 1. The predicted molar refractivity (Wildman–Crippen MR) is 121 cm³/mol. The lowest BCUT2D eigenvalue weighted by Crippen LogP contribution is -2.60. The van der Waals surface area contributed by atoms with Crippen molar-refractivity contribution in [3.63, 3.8) is 0 Å². The highest BCUT2D eigenvalue weighted by Gasteiger charge is 2.39. The van der Waals surface area contributed by atoms with Gasteiger partial charge in [0.25, 0.3) is 0 Å². The molecule has 2 aromatic rings. The number of hydrogen-bond acceptors (Lipinski definition) is 5. The molecule has 1 saturated heterocycles. The van der Waals surface area contributed by atoms with Gasteiger partial charge in [-0.05, 0) is 41.8 Å². The van der Waals surface area contributed by atoms with Crippen LogP contribution in [-0.2, 0) is 21.0 Å². The Morgan fingerprint density at radius 3 is 2.32 bits per heavy atom. The molecule has 11 heteroatoms. The van der Waals surface area contributed by atoms with Gasteiger partial charge in [0.15, 0.2) is 0 Å². The number of sulfonamides is 1. The molecule has 1 aliphatic rings. The van der Waals surface area contributed by atoms with E-state index in [1.165, 1.54) is 40.5 Å². The number of carbonyl (C=O) groups is 1. The number of rotatable bonds is 5. The number of benzene rings is 2. The molecular weight excluding hydrogens is 469 g/mol. The average Bonchev–Trinajstić information content (AvgIpc) is 2.82. The summed E-state index contributed by atoms with van der Waals surface area (Å²) in [4.78, 5) is 14.2. The topological polar surface area (TPSA) is 93.5 Å². The van der Waals surface area contributed by atoms with Gasteiger partial charge in [-0.2, -0.15) is 22.7 Å². The first-order valence-electron chi connectivity index (χ1n) is 10.6. The molecule has 7 nitrogen and oxygen atoms in total. The minimum absolute atomic E-state index is 0.00933. The lowest BCUT2D eigenvalue weighted by Gasteiger charge is -2.41. The zero-order valence-corrected chi connectivity index (χ0v) is 19.7. The highest BCUT2D eigenvalue weighted by Crippen LogP contribution is 2.35. The Balaban J connectivity index is 1.94. The molecule has 0 radical (unpaired) electrons. The normalized spacial score (nSPS) is 17.5. The first-order chi connectivity index (χ1) is 15.9. The van der Waals surface area contributed by atoms with Crippen molar-refractivity contribution in [2.75, 3.05) is 31.6 Å². The molecule has 1 unspecified atom stereocenters. The molecule has 1 aliphatic heterocycles. The molecule has 0 spiro atoms. The third kappa shape index (κ3) is 5.03. The van der Waals surface area contributed by atoms with Crippen LogP contribution < -0.4 is 10.2 Å². The van der Waals surface area contributed by atoms with E-state index in [0.717, 1.165) is 17.7 Å². The summed E-state index contributed by atoms with van der Waals surface area (Å²) in [5, 5.41) is 11.5. The van der Waals surface area contributed by atoms with Crippen LogP contribution in [0.4, 0.5) is 18.9 Å². The number of carbonyl (C=O) groups excluding carboxylic acids is 1. The second-order valence-corrected chi connectivity index (χ2v) is 10.2. The Hall–Kier alpha value is -3.10. The van der Waals surface area contributed by atoms with Gasteiger partial charge in [0.1, 0.15) is 6.04 Å². The maximum atomic E-state index is 13.5. The van der Waals surface area contributed by atoms with Crippen molar-refractivity contribution in [3.8, 4) is 6.07 Å². The van der Waals surface area contributed by atoms with Crippen LogP contribution in [0.3, 0.4) is 0 Å². The molecule has 1 N–H and O–H groups in total. The molecule has 1 heterocycles.